The standard InChI is InChI=1S/C10H5BrClF4N3O.C4H2Br2F3N3/c11-8-17-9(19(18-8)4-10(14,15)16)20-5-1-2-7(13)6(12)3-5;5-2-10-3(6)12(11-2)1-4(7,8)9/h1-3H,4H2;1H2. The van der Waals surface area contributed by atoms with Gasteiger partial charge in [-0.2, -0.15) is 36.3 Å². The Balaban J connectivity index is 0.000000258. The maximum Gasteiger partial charge on any atom is 0.408 e. The van der Waals surface area contributed by atoms with Gasteiger partial charge in [0.25, 0.3) is 0 Å². The Morgan fingerprint density at radius 2 is 1.41 bits per heavy atom. The number of hydrogen-bond acceptors (Lipinski definition) is 5. The Kier molecular flexibility index (Phi) is 8.91. The third-order valence-corrected chi connectivity index (χ3v) is 4.52. The topological polar surface area (TPSA) is 70.7 Å². The largest absolute Gasteiger partial charge is 0.424 e. The minimum absolute atomic E-state index is 0.0414. The Morgan fingerprint density at radius 3 is 1.91 bits per heavy atom. The summed E-state index contributed by atoms with van der Waals surface area (Å²) >= 11 is 14.1. The number of hydrogen-bond donors (Lipinski definition) is 0. The number of nitrogens with zero attached hydrogens (tertiary/aromatic N) is 6. The molecule has 0 aliphatic heterocycles. The molecular formula is C14H7Br3ClF7N6O. The van der Waals surface area contributed by atoms with Crippen LogP contribution in [0.3, 0.4) is 0 Å². The number of ether oxygens (including phenoxy) is 1. The summed E-state index contributed by atoms with van der Waals surface area (Å²) < 4.78 is 91.9. The van der Waals surface area contributed by atoms with Gasteiger partial charge in [-0.05, 0) is 59.9 Å². The van der Waals surface area contributed by atoms with E-state index < -0.39 is 37.3 Å². The Morgan fingerprint density at radius 1 is 0.875 bits per heavy atom. The van der Waals surface area contributed by atoms with E-state index in [-0.39, 0.29) is 25.0 Å². The van der Waals surface area contributed by atoms with Crippen molar-refractivity contribution in [3.63, 3.8) is 0 Å². The highest BCUT2D eigenvalue weighted by atomic mass is 79.9. The minimum atomic E-state index is -4.48. The predicted octanol–water partition coefficient (Wildman–Crippen LogP) is 6.55. The zero-order valence-corrected chi connectivity index (χ0v) is 20.4. The van der Waals surface area contributed by atoms with E-state index >= 15 is 0 Å². The van der Waals surface area contributed by atoms with Crippen molar-refractivity contribution in [3.05, 3.63) is 43.2 Å². The van der Waals surface area contributed by atoms with Gasteiger partial charge in [-0.15, -0.1) is 10.2 Å². The zero-order valence-electron chi connectivity index (χ0n) is 14.9. The molecule has 32 heavy (non-hydrogen) atoms. The van der Waals surface area contributed by atoms with Gasteiger partial charge in [0, 0.05) is 6.07 Å². The van der Waals surface area contributed by atoms with Crippen molar-refractivity contribution >= 4 is 59.4 Å². The Bertz CT molecular complexity index is 1070. The lowest BCUT2D eigenvalue weighted by Crippen LogP contribution is -2.19. The second-order valence-electron chi connectivity index (χ2n) is 5.54. The summed E-state index contributed by atoms with van der Waals surface area (Å²) in [5, 5.41) is 6.73. The summed E-state index contributed by atoms with van der Waals surface area (Å²) in [5.41, 5.74) is 0. The number of rotatable bonds is 4. The quantitative estimate of drug-likeness (QED) is 0.292. The van der Waals surface area contributed by atoms with Crippen LogP contribution in [0.25, 0.3) is 0 Å². The van der Waals surface area contributed by atoms with Gasteiger partial charge in [-0.25, -0.2) is 13.8 Å². The lowest BCUT2D eigenvalue weighted by Gasteiger charge is -2.09. The average Bonchev–Trinajstić information content (AvgIpc) is 3.09. The zero-order chi connectivity index (χ0) is 24.3. The van der Waals surface area contributed by atoms with Crippen LogP contribution in [-0.2, 0) is 13.1 Å². The van der Waals surface area contributed by atoms with Crippen LogP contribution in [0.1, 0.15) is 0 Å². The molecular weight excluding hydrogens is 676 g/mol. The summed E-state index contributed by atoms with van der Waals surface area (Å²) in [7, 11) is 0. The van der Waals surface area contributed by atoms with E-state index in [1.807, 2.05) is 0 Å². The molecule has 1 aromatic carbocycles. The van der Waals surface area contributed by atoms with Crippen LogP contribution in [0.15, 0.2) is 32.4 Å². The van der Waals surface area contributed by atoms with Gasteiger partial charge in [-0.3, -0.25) is 0 Å². The van der Waals surface area contributed by atoms with Crippen LogP contribution >= 0.6 is 59.4 Å². The molecule has 2 aromatic heterocycles. The first kappa shape index (κ1) is 26.8. The van der Waals surface area contributed by atoms with Gasteiger partial charge in [0.1, 0.15) is 24.7 Å². The summed E-state index contributed by atoms with van der Waals surface area (Å²) in [5.74, 6) is -0.628. The molecule has 3 rings (SSSR count). The van der Waals surface area contributed by atoms with Gasteiger partial charge in [0.05, 0.1) is 5.02 Å². The number of benzene rings is 1. The molecule has 2 heterocycles. The highest BCUT2D eigenvalue weighted by Crippen LogP contribution is 2.28. The fourth-order valence-corrected chi connectivity index (χ4v) is 3.35. The molecule has 0 aliphatic rings. The molecule has 0 fully saturated rings. The first-order valence-corrected chi connectivity index (χ1v) is 10.5. The van der Waals surface area contributed by atoms with Crippen molar-refractivity contribution in [1.82, 2.24) is 29.5 Å². The summed E-state index contributed by atoms with van der Waals surface area (Å²) in [6.45, 7) is -2.51. The van der Waals surface area contributed by atoms with Gasteiger partial charge in [0.15, 0.2) is 4.73 Å². The molecule has 0 N–H and O–H groups in total. The lowest BCUT2D eigenvalue weighted by molar-refractivity contribution is -0.144. The number of aromatic nitrogens is 6. The summed E-state index contributed by atoms with van der Waals surface area (Å²) in [6, 6.07) is 2.97. The first-order chi connectivity index (χ1) is 14.6. The molecule has 0 amide bonds. The van der Waals surface area contributed by atoms with E-state index in [2.05, 4.69) is 68.0 Å². The molecule has 0 saturated carbocycles. The van der Waals surface area contributed by atoms with E-state index in [4.69, 9.17) is 16.3 Å². The maximum absolute atomic E-state index is 13.0. The third kappa shape index (κ3) is 8.82. The summed E-state index contributed by atoms with van der Waals surface area (Å²) in [6.07, 6.45) is -8.76. The molecule has 18 heteroatoms. The van der Waals surface area contributed by atoms with E-state index in [0.29, 0.717) is 9.36 Å². The maximum atomic E-state index is 13.0. The summed E-state index contributed by atoms with van der Waals surface area (Å²) in [4.78, 5) is 7.23. The van der Waals surface area contributed by atoms with Crippen LogP contribution < -0.4 is 4.74 Å². The van der Waals surface area contributed by atoms with Crippen LogP contribution in [0, 0.1) is 5.82 Å². The van der Waals surface area contributed by atoms with Crippen LogP contribution in [0.2, 0.25) is 5.02 Å². The fourth-order valence-electron chi connectivity index (χ4n) is 1.86. The predicted molar refractivity (Wildman–Crippen MR) is 107 cm³/mol. The normalized spacial score (nSPS) is 11.8. The smallest absolute Gasteiger partial charge is 0.408 e. The van der Waals surface area contributed by atoms with E-state index in [1.165, 1.54) is 6.07 Å². The molecule has 0 saturated heterocycles. The molecule has 0 spiro atoms. The molecule has 176 valence electrons. The molecule has 7 nitrogen and oxygen atoms in total. The van der Waals surface area contributed by atoms with E-state index in [0.717, 1.165) is 12.1 Å². The SMILES string of the molecule is FC(F)(F)Cn1nc(Br)nc1Br.Fc1ccc(Oc2nc(Br)nn2CC(F)(F)F)cc1Cl. The first-order valence-electron chi connectivity index (χ1n) is 7.75. The molecule has 0 unspecified atom stereocenters. The van der Waals surface area contributed by atoms with Crippen molar-refractivity contribution in [2.24, 2.45) is 0 Å². The molecule has 3 aromatic rings. The number of halogens is 11. The second kappa shape index (κ2) is 10.6. The number of alkyl halides is 6. The molecule has 0 atom stereocenters. The molecule has 0 bridgehead atoms. The monoisotopic (exact) mass is 680 g/mol. The van der Waals surface area contributed by atoms with Crippen LogP contribution in [0.4, 0.5) is 30.7 Å². The van der Waals surface area contributed by atoms with Crippen molar-refractivity contribution in [2.75, 3.05) is 0 Å². The Labute approximate surface area is 204 Å². The van der Waals surface area contributed by atoms with Gasteiger partial charge in [-0.1, -0.05) is 11.6 Å². The highest BCUT2D eigenvalue weighted by molar-refractivity contribution is 9.11. The third-order valence-electron chi connectivity index (χ3n) is 2.97. The Hall–Kier alpha value is -1.46. The van der Waals surface area contributed by atoms with Crippen molar-refractivity contribution in [2.45, 2.75) is 25.4 Å². The van der Waals surface area contributed by atoms with Crippen LogP contribution in [-0.4, -0.2) is 41.9 Å². The van der Waals surface area contributed by atoms with Gasteiger partial charge in [0.2, 0.25) is 9.47 Å². The molecule has 0 radical (unpaired) electrons. The van der Waals surface area contributed by atoms with Crippen molar-refractivity contribution < 1.29 is 35.5 Å². The molecule has 0 aliphatic carbocycles. The van der Waals surface area contributed by atoms with Gasteiger partial charge >= 0.3 is 18.4 Å². The van der Waals surface area contributed by atoms with Crippen molar-refractivity contribution in [3.8, 4) is 11.8 Å². The van der Waals surface area contributed by atoms with Crippen molar-refractivity contribution in [1.29, 1.82) is 0 Å². The fraction of sp³-hybridized carbons (Fsp3) is 0.286. The second-order valence-corrected chi connectivity index (χ2v) is 8.07. The lowest BCUT2D eigenvalue weighted by atomic mass is 10.3. The van der Waals surface area contributed by atoms with E-state index in [9.17, 15) is 30.7 Å². The highest BCUT2D eigenvalue weighted by Gasteiger charge is 2.31. The average molecular weight is 683 g/mol. The van der Waals surface area contributed by atoms with Gasteiger partial charge < -0.3 is 4.74 Å². The van der Waals surface area contributed by atoms with E-state index in [1.54, 1.807) is 0 Å². The minimum Gasteiger partial charge on any atom is -0.424 e. The van der Waals surface area contributed by atoms with Crippen LogP contribution in [0.5, 0.6) is 11.8 Å².